The molecule has 0 saturated heterocycles. The Labute approximate surface area is 171 Å². The van der Waals surface area contributed by atoms with E-state index in [1.807, 2.05) is 27.0 Å². The summed E-state index contributed by atoms with van der Waals surface area (Å²) in [5.41, 5.74) is 6.93. The highest BCUT2D eigenvalue weighted by atomic mass is 14.8. The van der Waals surface area contributed by atoms with Crippen LogP contribution in [0.5, 0.6) is 0 Å². The summed E-state index contributed by atoms with van der Waals surface area (Å²) < 4.78 is 0. The molecule has 1 N–H and O–H groups in total. The van der Waals surface area contributed by atoms with Crippen LogP contribution in [0.15, 0.2) is 53.5 Å². The zero-order valence-electron chi connectivity index (χ0n) is 19.6. The Morgan fingerprint density at radius 2 is 1.85 bits per heavy atom. The molecule has 2 rings (SSSR count). The second-order valence-electron chi connectivity index (χ2n) is 7.23. The fourth-order valence-electron chi connectivity index (χ4n) is 2.45. The minimum Gasteiger partial charge on any atom is -0.392 e. The molecule has 0 spiro atoms. The van der Waals surface area contributed by atoms with Crippen LogP contribution in [0.3, 0.4) is 0 Å². The lowest BCUT2D eigenvalue weighted by molar-refractivity contribution is 0.524. The van der Waals surface area contributed by atoms with Gasteiger partial charge in [-0.1, -0.05) is 98.5 Å². The topological polar surface area (TPSA) is 12.0 Å². The van der Waals surface area contributed by atoms with Crippen LogP contribution in [-0.2, 0) is 0 Å². The van der Waals surface area contributed by atoms with Gasteiger partial charge in [-0.2, -0.15) is 0 Å². The first-order valence-electron chi connectivity index (χ1n) is 11.1. The molecule has 0 bridgehead atoms. The van der Waals surface area contributed by atoms with E-state index in [1.54, 1.807) is 0 Å². The Hall–Kier alpha value is -1.46. The van der Waals surface area contributed by atoms with Crippen molar-refractivity contribution in [1.29, 1.82) is 0 Å². The van der Waals surface area contributed by atoms with E-state index in [9.17, 15) is 0 Å². The zero-order chi connectivity index (χ0) is 21.1. The SMILES string of the molecule is C=C(CC)NC.CC.CCC1CC1.CCCC(C)CC1=CC=C=C(C)C=C1. The van der Waals surface area contributed by atoms with Gasteiger partial charge in [0.1, 0.15) is 0 Å². The van der Waals surface area contributed by atoms with Crippen LogP contribution in [0.1, 0.15) is 93.4 Å². The highest BCUT2D eigenvalue weighted by molar-refractivity contribution is 5.33. The molecule has 1 saturated carbocycles. The summed E-state index contributed by atoms with van der Waals surface area (Å²) in [6.45, 7) is 18.7. The minimum atomic E-state index is 0.794. The maximum absolute atomic E-state index is 3.68. The van der Waals surface area contributed by atoms with Gasteiger partial charge in [-0.05, 0) is 48.8 Å². The number of hydrogen-bond donors (Lipinski definition) is 1. The number of nitrogens with one attached hydrogen (secondary N) is 1. The minimum absolute atomic E-state index is 0.794. The second kappa shape index (κ2) is 19.3. The predicted octanol–water partition coefficient (Wildman–Crippen LogP) is 8.37. The quantitative estimate of drug-likeness (QED) is 0.442. The summed E-state index contributed by atoms with van der Waals surface area (Å²) in [6.07, 6.45) is 17.8. The Morgan fingerprint density at radius 1 is 1.22 bits per heavy atom. The number of rotatable bonds is 7. The molecule has 156 valence electrons. The molecule has 0 aliphatic heterocycles. The molecular weight excluding hydrogens is 326 g/mol. The summed E-state index contributed by atoms with van der Waals surface area (Å²) in [5, 5.41) is 2.92. The van der Waals surface area contributed by atoms with Gasteiger partial charge in [0, 0.05) is 12.7 Å². The van der Waals surface area contributed by atoms with E-state index in [4.69, 9.17) is 0 Å². The van der Waals surface area contributed by atoms with Crippen LogP contribution in [-0.4, -0.2) is 7.05 Å². The van der Waals surface area contributed by atoms with Crippen molar-refractivity contribution in [2.75, 3.05) is 7.05 Å². The Morgan fingerprint density at radius 3 is 2.22 bits per heavy atom. The van der Waals surface area contributed by atoms with Crippen molar-refractivity contribution in [3.63, 3.8) is 0 Å². The van der Waals surface area contributed by atoms with Crippen LogP contribution in [0.25, 0.3) is 0 Å². The molecule has 27 heavy (non-hydrogen) atoms. The maximum atomic E-state index is 3.68. The molecule has 1 atom stereocenters. The summed E-state index contributed by atoms with van der Waals surface area (Å²) in [6, 6.07) is 0. The first kappa shape index (κ1) is 27.8. The average Bonchev–Trinajstić information content (AvgIpc) is 3.53. The normalized spacial score (nSPS) is 15.3. The van der Waals surface area contributed by atoms with Crippen molar-refractivity contribution in [3.05, 3.63) is 53.5 Å². The zero-order valence-corrected chi connectivity index (χ0v) is 19.6. The Bertz CT molecular complexity index is 476. The standard InChI is InChI=1S/C14H20.C5H11N.C5H10.C2H6/c1-4-6-13(3)11-14-8-5-7-12(2)9-10-14;1-4-5(2)6-3;1-2-5-3-4-5;1-2/h5,8-10,13H,4,6,11H2,1-3H3;6H,2,4H2,1,3H3;5H,2-4H2,1H3;1-2H3. The van der Waals surface area contributed by atoms with Gasteiger partial charge in [-0.3, -0.25) is 0 Å². The van der Waals surface area contributed by atoms with Gasteiger partial charge in [0.15, 0.2) is 0 Å². The smallest absolute Gasteiger partial charge is 0.00300 e. The first-order chi connectivity index (χ1) is 13.0. The van der Waals surface area contributed by atoms with Crippen molar-refractivity contribution in [2.24, 2.45) is 11.8 Å². The first-order valence-corrected chi connectivity index (χ1v) is 11.1. The van der Waals surface area contributed by atoms with Crippen molar-refractivity contribution < 1.29 is 0 Å². The van der Waals surface area contributed by atoms with Gasteiger partial charge in [-0.25, -0.2) is 0 Å². The Balaban J connectivity index is 0. The molecule has 0 radical (unpaired) electrons. The molecule has 1 nitrogen and oxygen atoms in total. The van der Waals surface area contributed by atoms with Crippen molar-refractivity contribution in [2.45, 2.75) is 93.4 Å². The lowest BCUT2D eigenvalue weighted by Crippen LogP contribution is -2.01. The molecule has 1 fully saturated rings. The molecule has 1 heteroatoms. The van der Waals surface area contributed by atoms with Gasteiger partial charge < -0.3 is 5.32 Å². The van der Waals surface area contributed by atoms with Gasteiger partial charge in [-0.15, -0.1) is 5.73 Å². The van der Waals surface area contributed by atoms with E-state index in [0.29, 0.717) is 0 Å². The lowest BCUT2D eigenvalue weighted by Gasteiger charge is -2.09. The lowest BCUT2D eigenvalue weighted by atomic mass is 9.96. The third-order valence-electron chi connectivity index (χ3n) is 4.58. The monoisotopic (exact) mass is 373 g/mol. The molecular formula is C26H47N. The highest BCUT2D eigenvalue weighted by Crippen LogP contribution is 2.31. The van der Waals surface area contributed by atoms with Gasteiger partial charge in [0.05, 0.1) is 0 Å². The molecule has 1 unspecified atom stereocenters. The number of allylic oxidation sites excluding steroid dienone is 6. The van der Waals surface area contributed by atoms with Crippen molar-refractivity contribution >= 4 is 0 Å². The number of hydrogen-bond acceptors (Lipinski definition) is 1. The van der Waals surface area contributed by atoms with E-state index < -0.39 is 0 Å². The highest BCUT2D eigenvalue weighted by Gasteiger charge is 2.17. The molecule has 0 heterocycles. The largest absolute Gasteiger partial charge is 0.392 e. The summed E-state index contributed by atoms with van der Waals surface area (Å²) in [5.74, 6) is 1.93. The van der Waals surface area contributed by atoms with E-state index >= 15 is 0 Å². The van der Waals surface area contributed by atoms with Crippen molar-refractivity contribution in [3.8, 4) is 0 Å². The summed E-state index contributed by atoms with van der Waals surface area (Å²) in [4.78, 5) is 0. The molecule has 0 aromatic heterocycles. The van der Waals surface area contributed by atoms with Crippen LogP contribution in [0.4, 0.5) is 0 Å². The maximum Gasteiger partial charge on any atom is 0.00300 e. The second-order valence-corrected chi connectivity index (χ2v) is 7.23. The van der Waals surface area contributed by atoms with Crippen LogP contribution >= 0.6 is 0 Å². The van der Waals surface area contributed by atoms with E-state index in [-0.39, 0.29) is 0 Å². The van der Waals surface area contributed by atoms with Gasteiger partial charge in [0.2, 0.25) is 0 Å². The molecule has 0 aromatic carbocycles. The van der Waals surface area contributed by atoms with Gasteiger partial charge in [0.25, 0.3) is 0 Å². The summed E-state index contributed by atoms with van der Waals surface area (Å²) in [7, 11) is 1.88. The molecule has 0 aromatic rings. The van der Waals surface area contributed by atoms with E-state index in [1.165, 1.54) is 49.7 Å². The third-order valence-corrected chi connectivity index (χ3v) is 4.58. The predicted molar refractivity (Wildman–Crippen MR) is 126 cm³/mol. The van der Waals surface area contributed by atoms with E-state index in [0.717, 1.165) is 24.0 Å². The summed E-state index contributed by atoms with van der Waals surface area (Å²) >= 11 is 0. The third kappa shape index (κ3) is 19.1. The molecule has 2 aliphatic carbocycles. The van der Waals surface area contributed by atoms with Crippen LogP contribution < -0.4 is 5.32 Å². The van der Waals surface area contributed by atoms with E-state index in [2.05, 4.69) is 70.5 Å². The molecule has 2 aliphatic rings. The Kier molecular flexibility index (Phi) is 19.8. The van der Waals surface area contributed by atoms with Crippen molar-refractivity contribution in [1.82, 2.24) is 5.32 Å². The fraction of sp³-hybridized carbons (Fsp3) is 0.654. The molecule has 0 amide bonds. The van der Waals surface area contributed by atoms with Crippen LogP contribution in [0, 0.1) is 11.8 Å². The fourth-order valence-corrected chi connectivity index (χ4v) is 2.45. The van der Waals surface area contributed by atoms with Gasteiger partial charge >= 0.3 is 0 Å². The average molecular weight is 374 g/mol. The van der Waals surface area contributed by atoms with Crippen LogP contribution in [0.2, 0.25) is 0 Å².